The molecule has 0 fully saturated rings. The van der Waals surface area contributed by atoms with Crippen LogP contribution in [0.25, 0.3) is 0 Å². The number of carbonyl (C=O) groups excluding carboxylic acids is 3. The van der Waals surface area contributed by atoms with Gasteiger partial charge in [0.25, 0.3) is 12.4 Å². The van der Waals surface area contributed by atoms with E-state index in [1.165, 1.54) is 0 Å². The van der Waals surface area contributed by atoms with Gasteiger partial charge in [-0.1, -0.05) is 22.3 Å². The van der Waals surface area contributed by atoms with Crippen molar-refractivity contribution in [2.45, 2.75) is 29.2 Å². The van der Waals surface area contributed by atoms with Crippen LogP contribution in [0.4, 0.5) is 0 Å². The van der Waals surface area contributed by atoms with Gasteiger partial charge in [-0.2, -0.15) is 9.59 Å². The Morgan fingerprint density at radius 1 is 1.24 bits per heavy atom. The molecule has 120 valence electrons. The Hall–Kier alpha value is -0.600. The fraction of sp³-hybridized carbons (Fsp3) is 0.444. The summed E-state index contributed by atoms with van der Waals surface area (Å²) in [5.41, 5.74) is 0. The van der Waals surface area contributed by atoms with E-state index in [0.717, 1.165) is 6.92 Å². The summed E-state index contributed by atoms with van der Waals surface area (Å²) in [6.45, 7) is 0.903. The first-order valence-corrected chi connectivity index (χ1v) is 2.43. The zero-order chi connectivity index (χ0) is 13.7. The molecule has 0 heterocycles. The maximum Gasteiger partial charge on any atom is 1.00 e. The van der Waals surface area contributed by atoms with E-state index in [1.807, 2.05) is 0 Å². The molecule has 0 amide bonds. The van der Waals surface area contributed by atoms with E-state index in [9.17, 15) is 0 Å². The molecule has 10 nitrogen and oxygen atoms in total. The number of hydrogen-bond donors (Lipinski definition) is 1. The van der Waals surface area contributed by atoms with Crippen molar-refractivity contribution in [3.63, 3.8) is 0 Å². The van der Waals surface area contributed by atoms with Crippen LogP contribution >= 0.6 is 0 Å². The Bertz CT molecular complexity index is 182. The molecule has 0 aromatic carbocycles. The van der Waals surface area contributed by atoms with Crippen molar-refractivity contribution in [3.8, 4) is 6.42 Å². The first-order valence-electron chi connectivity index (χ1n) is 2.43. The third-order valence-corrected chi connectivity index (χ3v) is 0.0393. The summed E-state index contributed by atoms with van der Waals surface area (Å²) in [4.78, 5) is 50.5. The SMILES string of the molecule is C.C.C.CC(=O)O.O.O=C=O.O=CO[O-].O=O.[C-]#C.[HH].[Na+].[Na+]. The van der Waals surface area contributed by atoms with Gasteiger partial charge in [-0.3, -0.25) is 9.59 Å². The zero-order valence-corrected chi connectivity index (χ0v) is 13.9. The summed E-state index contributed by atoms with van der Waals surface area (Å²) in [5.74, 6) is -0.833. The second-order valence-corrected chi connectivity index (χ2v) is 0.795. The predicted molar refractivity (Wildman–Crippen MR) is 66.3 cm³/mol. The Morgan fingerprint density at radius 2 is 1.29 bits per heavy atom. The number of carboxylic acid groups (broad SMARTS) is 1. The quantitative estimate of drug-likeness (QED) is 0.121. The van der Waals surface area contributed by atoms with E-state index < -0.39 is 5.97 Å². The van der Waals surface area contributed by atoms with Crippen LogP contribution in [0.5, 0.6) is 0 Å². The van der Waals surface area contributed by atoms with E-state index >= 15 is 0 Å². The van der Waals surface area contributed by atoms with Crippen molar-refractivity contribution in [3.05, 3.63) is 16.4 Å². The molecule has 0 aliphatic heterocycles. The topological polar surface area (TPSA) is 186 Å². The Morgan fingerprint density at radius 3 is 1.29 bits per heavy atom. The molecular weight excluding hydrogens is 314 g/mol. The van der Waals surface area contributed by atoms with Crippen LogP contribution in [-0.2, 0) is 24.1 Å². The summed E-state index contributed by atoms with van der Waals surface area (Å²) >= 11 is 0. The number of hydrogen-bond acceptors (Lipinski definition) is 8. The van der Waals surface area contributed by atoms with E-state index in [4.69, 9.17) is 45.9 Å². The molecule has 0 aliphatic rings. The fourth-order valence-corrected chi connectivity index (χ4v) is 0. The minimum atomic E-state index is -0.833. The van der Waals surface area contributed by atoms with Crippen LogP contribution in [0.1, 0.15) is 30.6 Å². The smallest absolute Gasteiger partial charge is 0.697 e. The number of aliphatic carboxylic acids is 1. The normalized spacial score (nSPS) is 2.86. The van der Waals surface area contributed by atoms with Crippen LogP contribution in [-0.4, -0.2) is 29.2 Å². The summed E-state index contributed by atoms with van der Waals surface area (Å²) in [6, 6.07) is 0. The van der Waals surface area contributed by atoms with E-state index in [1.54, 1.807) is 0 Å². The van der Waals surface area contributed by atoms with Gasteiger partial charge in [-0.25, -0.2) is 0 Å². The van der Waals surface area contributed by atoms with Crippen molar-refractivity contribution in [2.75, 3.05) is 0 Å². The van der Waals surface area contributed by atoms with Gasteiger partial charge >= 0.3 is 65.3 Å². The van der Waals surface area contributed by atoms with Crippen LogP contribution < -0.4 is 64.4 Å². The molecular formula is C9H22Na2O10. The molecule has 3 N–H and O–H groups in total. The summed E-state index contributed by atoms with van der Waals surface area (Å²) in [5, 5.41) is 15.8. The third kappa shape index (κ3) is 36700. The minimum absolute atomic E-state index is 0. The molecule has 12 heteroatoms. The largest absolute Gasteiger partial charge is 1.00 e. The molecule has 0 aromatic heterocycles. The molecule has 0 aromatic rings. The second kappa shape index (κ2) is 225. The maximum absolute atomic E-state index is 9.00. The number of terminal acetylenes is 1. The monoisotopic (exact) mass is 336 g/mol. The van der Waals surface area contributed by atoms with Crippen LogP contribution in [0.2, 0.25) is 0 Å². The van der Waals surface area contributed by atoms with Gasteiger partial charge in [-0.05, 0) is 0 Å². The molecule has 0 atom stereocenters. The second-order valence-electron chi connectivity index (χ2n) is 0.795. The maximum atomic E-state index is 9.00. The Labute approximate surface area is 170 Å². The average molecular weight is 336 g/mol. The van der Waals surface area contributed by atoms with Crippen LogP contribution in [0.15, 0.2) is 0 Å². The standard InChI is InChI=1S/C2H4O2.C2H.CH2O3.CO2.3CH4.2Na.O2.H2O.H2/c1-2(3)4;1-2;2-1-4-3;2-1-3;;;;;;1-2;;/h1H3,(H,3,4);1H;1,3H;;3*1H4;;;;1H2;1H/q;-1;;;;;;2*+1;;;/p-1. The van der Waals surface area contributed by atoms with Crippen LogP contribution in [0, 0.1) is 22.8 Å². The van der Waals surface area contributed by atoms with Gasteiger partial charge < -0.3 is 33.6 Å². The van der Waals surface area contributed by atoms with Crippen LogP contribution in [0.3, 0.4) is 0 Å². The number of carboxylic acids is 1. The molecule has 0 spiro atoms. The Kier molecular flexibility index (Phi) is 932. The van der Waals surface area contributed by atoms with Gasteiger partial charge in [0.15, 0.2) is 0 Å². The molecule has 0 aliphatic carbocycles. The van der Waals surface area contributed by atoms with Crippen molar-refractivity contribution in [2.24, 2.45) is 0 Å². The van der Waals surface area contributed by atoms with E-state index in [2.05, 4.69) is 11.3 Å². The third-order valence-electron chi connectivity index (χ3n) is 0.0393. The van der Waals surface area contributed by atoms with Crippen molar-refractivity contribution >= 4 is 18.6 Å². The molecule has 0 radical (unpaired) electrons. The van der Waals surface area contributed by atoms with Crippen molar-refractivity contribution in [1.29, 1.82) is 0 Å². The van der Waals surface area contributed by atoms with Crippen molar-refractivity contribution < 1.29 is 100 Å². The summed E-state index contributed by atoms with van der Waals surface area (Å²) in [7, 11) is 0. The van der Waals surface area contributed by atoms with Crippen molar-refractivity contribution in [1.82, 2.24) is 0 Å². The fourth-order valence-electron chi connectivity index (χ4n) is 0. The number of rotatable bonds is 1. The zero-order valence-electron chi connectivity index (χ0n) is 9.87. The first-order chi connectivity index (χ1) is 7.06. The molecule has 0 unspecified atom stereocenters. The van der Waals surface area contributed by atoms with E-state index in [0.29, 0.717) is 0 Å². The van der Waals surface area contributed by atoms with Gasteiger partial charge in [0.2, 0.25) is 0 Å². The summed E-state index contributed by atoms with van der Waals surface area (Å²) < 4.78 is 0. The van der Waals surface area contributed by atoms with Gasteiger partial charge in [0.05, 0.1) is 0 Å². The molecule has 0 saturated heterocycles. The van der Waals surface area contributed by atoms with Gasteiger partial charge in [-0.15, -0.1) is 0 Å². The molecule has 0 saturated carbocycles. The summed E-state index contributed by atoms with van der Waals surface area (Å²) in [6.07, 6.45) is 9.25. The first kappa shape index (κ1) is 86.9. The van der Waals surface area contributed by atoms with Gasteiger partial charge in [0.1, 0.15) is 0 Å². The predicted octanol–water partition coefficient (Wildman–Crippen LogP) is -6.45. The molecule has 0 rings (SSSR count). The molecule has 21 heavy (non-hydrogen) atoms. The van der Waals surface area contributed by atoms with E-state index in [-0.39, 0.29) is 101 Å². The van der Waals surface area contributed by atoms with Gasteiger partial charge in [0, 0.05) is 18.3 Å². The molecule has 0 bridgehead atoms. The number of carbonyl (C=O) groups is 2. The minimum Gasteiger partial charge on any atom is -0.697 e. The average Bonchev–Trinajstić information content (AvgIpc) is 2.24. The Balaban J connectivity index is -0.00000000539.